The van der Waals surface area contributed by atoms with E-state index >= 15 is 0 Å². The van der Waals surface area contributed by atoms with Crippen molar-refractivity contribution in [2.75, 3.05) is 13.2 Å². The SMILES string of the molecule is CCCCC/C=C\C/C=C\C/C=C\C/C=C\CCCCCC(=O)O[C@H](COC(=O)CCCCCCC/C=C\CCCCCCCC)COP(=O)(O)OC1C(O)C(O)C(O)[C@@H](O)C1O. The quantitative estimate of drug-likeness (QED) is 0.0147. The number of unbranched alkanes of at least 4 members (excludes halogenated alkanes) is 17. The lowest BCUT2D eigenvalue weighted by atomic mass is 9.85. The standard InChI is InChI=1S/C49H85O13P/c1-3-5-7-9-11-13-15-17-19-20-21-22-24-26-28-30-32-34-36-38-43(51)61-41(40-60-63(57,58)62-49-47(55)45(53)44(52)46(54)48(49)56)39-59-42(50)37-35-33-31-29-27-25-23-18-16-14-12-10-8-6-4-2/h11,13,17-19,21-23,26,28,41,44-49,52-56H,3-10,12,14-16,20,24-25,27,29-40H2,1-2H3,(H,57,58)/b13-11-,19-17-,22-21-,23-18-,28-26-/t41-,44?,45-,46?,47?,48?,49?/m1/s1. The molecule has 0 aromatic rings. The number of hydrogen-bond donors (Lipinski definition) is 6. The molecule has 0 aromatic carbocycles. The first kappa shape index (κ1) is 58.6. The molecule has 0 heterocycles. The Hall–Kier alpha value is -2.45. The molecule has 1 aliphatic carbocycles. The van der Waals surface area contributed by atoms with Crippen LogP contribution in [-0.2, 0) is 32.7 Å². The number of hydrogen-bond acceptors (Lipinski definition) is 12. The molecule has 0 saturated heterocycles. The number of allylic oxidation sites excluding steroid dienone is 10. The molecular weight excluding hydrogens is 828 g/mol. The minimum absolute atomic E-state index is 0.0554. The van der Waals surface area contributed by atoms with Crippen LogP contribution in [0, 0.1) is 0 Å². The number of esters is 2. The highest BCUT2D eigenvalue weighted by Crippen LogP contribution is 2.47. The van der Waals surface area contributed by atoms with E-state index in [1.807, 2.05) is 0 Å². The van der Waals surface area contributed by atoms with Gasteiger partial charge in [0.25, 0.3) is 0 Å². The summed E-state index contributed by atoms with van der Waals surface area (Å²) in [6.07, 6.45) is 34.1. The third kappa shape index (κ3) is 31.2. The topological polar surface area (TPSA) is 210 Å². The molecule has 8 atom stereocenters. The van der Waals surface area contributed by atoms with Crippen LogP contribution < -0.4 is 0 Å². The minimum atomic E-state index is -5.13. The van der Waals surface area contributed by atoms with Gasteiger partial charge in [0.2, 0.25) is 0 Å². The molecule has 364 valence electrons. The zero-order valence-corrected chi connectivity index (χ0v) is 39.5. The average molecular weight is 913 g/mol. The molecule has 1 aliphatic rings. The van der Waals surface area contributed by atoms with Gasteiger partial charge in [0, 0.05) is 12.8 Å². The van der Waals surface area contributed by atoms with E-state index in [0.717, 1.165) is 83.5 Å². The van der Waals surface area contributed by atoms with E-state index < -0.39 is 75.7 Å². The number of rotatable bonds is 39. The fourth-order valence-electron chi connectivity index (χ4n) is 6.91. The molecule has 0 aliphatic heterocycles. The van der Waals surface area contributed by atoms with Gasteiger partial charge in [-0.15, -0.1) is 0 Å². The van der Waals surface area contributed by atoms with Gasteiger partial charge in [-0.05, 0) is 83.5 Å². The Bertz CT molecular complexity index is 1330. The maximum absolute atomic E-state index is 12.8. The lowest BCUT2D eigenvalue weighted by Gasteiger charge is -2.41. The van der Waals surface area contributed by atoms with Crippen molar-refractivity contribution in [3.05, 3.63) is 60.8 Å². The maximum atomic E-state index is 12.8. The van der Waals surface area contributed by atoms with Crippen molar-refractivity contribution in [2.45, 2.75) is 224 Å². The van der Waals surface area contributed by atoms with Crippen LogP contribution in [0.1, 0.15) is 181 Å². The van der Waals surface area contributed by atoms with Crippen molar-refractivity contribution in [1.29, 1.82) is 0 Å². The van der Waals surface area contributed by atoms with Gasteiger partial charge in [0.1, 0.15) is 43.2 Å². The molecule has 0 radical (unpaired) electrons. The van der Waals surface area contributed by atoms with Gasteiger partial charge in [-0.25, -0.2) is 4.57 Å². The molecular formula is C49H85O13P. The summed E-state index contributed by atoms with van der Waals surface area (Å²) in [4.78, 5) is 35.7. The van der Waals surface area contributed by atoms with Crippen LogP contribution in [-0.4, -0.2) is 98.3 Å². The van der Waals surface area contributed by atoms with E-state index in [2.05, 4.69) is 74.6 Å². The number of phosphoric ester groups is 1. The van der Waals surface area contributed by atoms with Crippen molar-refractivity contribution in [3.63, 3.8) is 0 Å². The Balaban J connectivity index is 2.48. The van der Waals surface area contributed by atoms with E-state index in [0.29, 0.717) is 12.8 Å². The van der Waals surface area contributed by atoms with E-state index in [-0.39, 0.29) is 12.8 Å². The molecule has 1 saturated carbocycles. The summed E-state index contributed by atoms with van der Waals surface area (Å²) >= 11 is 0. The van der Waals surface area contributed by atoms with Crippen LogP contribution in [0.5, 0.6) is 0 Å². The number of aliphatic hydroxyl groups is 5. The summed E-state index contributed by atoms with van der Waals surface area (Å²) < 4.78 is 33.5. The van der Waals surface area contributed by atoms with Crippen LogP contribution in [0.25, 0.3) is 0 Å². The van der Waals surface area contributed by atoms with Gasteiger partial charge in [-0.2, -0.15) is 0 Å². The summed E-state index contributed by atoms with van der Waals surface area (Å²) in [7, 11) is -5.13. The summed E-state index contributed by atoms with van der Waals surface area (Å²) in [6.45, 7) is 3.23. The van der Waals surface area contributed by atoms with Gasteiger partial charge in [-0.1, -0.05) is 145 Å². The smallest absolute Gasteiger partial charge is 0.462 e. The third-order valence-electron chi connectivity index (χ3n) is 10.8. The second kappa shape index (κ2) is 38.8. The molecule has 0 bridgehead atoms. The van der Waals surface area contributed by atoms with Gasteiger partial charge < -0.3 is 39.9 Å². The van der Waals surface area contributed by atoms with E-state index in [9.17, 15) is 44.6 Å². The largest absolute Gasteiger partial charge is 0.472 e. The molecule has 0 aromatic heterocycles. The van der Waals surface area contributed by atoms with Crippen molar-refractivity contribution < 1.29 is 63.1 Å². The van der Waals surface area contributed by atoms with Crippen LogP contribution in [0.15, 0.2) is 60.8 Å². The van der Waals surface area contributed by atoms with Crippen molar-refractivity contribution in [2.24, 2.45) is 0 Å². The van der Waals surface area contributed by atoms with E-state index in [1.54, 1.807) is 0 Å². The van der Waals surface area contributed by atoms with Crippen LogP contribution >= 0.6 is 7.82 Å². The Labute approximate surface area is 379 Å². The van der Waals surface area contributed by atoms with E-state index in [4.69, 9.17) is 18.5 Å². The van der Waals surface area contributed by atoms with Gasteiger partial charge in [-0.3, -0.25) is 18.6 Å². The third-order valence-corrected chi connectivity index (χ3v) is 11.8. The minimum Gasteiger partial charge on any atom is -0.462 e. The molecule has 6 N–H and O–H groups in total. The van der Waals surface area contributed by atoms with Crippen molar-refractivity contribution >= 4 is 19.8 Å². The number of carbonyl (C=O) groups is 2. The van der Waals surface area contributed by atoms with Crippen molar-refractivity contribution in [3.8, 4) is 0 Å². The fourth-order valence-corrected chi connectivity index (χ4v) is 7.88. The van der Waals surface area contributed by atoms with Gasteiger partial charge in [0.15, 0.2) is 6.10 Å². The molecule has 1 rings (SSSR count). The highest BCUT2D eigenvalue weighted by molar-refractivity contribution is 7.47. The van der Waals surface area contributed by atoms with E-state index in [1.165, 1.54) is 57.8 Å². The Morgan fingerprint density at radius 3 is 1.37 bits per heavy atom. The highest BCUT2D eigenvalue weighted by Gasteiger charge is 2.51. The normalized spacial score (nSPS) is 22.2. The second-order valence-corrected chi connectivity index (χ2v) is 18.0. The summed E-state index contributed by atoms with van der Waals surface area (Å²) in [6, 6.07) is 0. The number of carbonyl (C=O) groups excluding carboxylic acids is 2. The summed E-state index contributed by atoms with van der Waals surface area (Å²) in [5, 5.41) is 50.2. The number of aliphatic hydroxyl groups excluding tert-OH is 5. The van der Waals surface area contributed by atoms with Crippen LogP contribution in [0.2, 0.25) is 0 Å². The molecule has 0 spiro atoms. The first-order valence-electron chi connectivity index (χ1n) is 24.1. The van der Waals surface area contributed by atoms with Gasteiger partial charge in [0.05, 0.1) is 6.61 Å². The summed E-state index contributed by atoms with van der Waals surface area (Å²) in [5.41, 5.74) is 0. The molecule has 63 heavy (non-hydrogen) atoms. The van der Waals surface area contributed by atoms with Gasteiger partial charge >= 0.3 is 19.8 Å². The molecule has 1 fully saturated rings. The Morgan fingerprint density at radius 2 is 0.857 bits per heavy atom. The Morgan fingerprint density at radius 1 is 0.492 bits per heavy atom. The zero-order chi connectivity index (χ0) is 46.4. The first-order valence-corrected chi connectivity index (χ1v) is 25.6. The number of ether oxygens (including phenoxy) is 2. The average Bonchev–Trinajstić information content (AvgIpc) is 3.26. The zero-order valence-electron chi connectivity index (χ0n) is 38.6. The van der Waals surface area contributed by atoms with Crippen molar-refractivity contribution in [1.82, 2.24) is 0 Å². The van der Waals surface area contributed by atoms with Crippen LogP contribution in [0.4, 0.5) is 0 Å². The Kier molecular flexibility index (Phi) is 36.1. The molecule has 13 nitrogen and oxygen atoms in total. The molecule has 0 amide bonds. The monoisotopic (exact) mass is 913 g/mol. The summed E-state index contributed by atoms with van der Waals surface area (Å²) in [5.74, 6) is -1.15. The predicted octanol–water partition coefficient (Wildman–Crippen LogP) is 9.73. The lowest BCUT2D eigenvalue weighted by molar-refractivity contribution is -0.220. The first-order chi connectivity index (χ1) is 30.4. The highest BCUT2D eigenvalue weighted by atomic mass is 31.2. The fraction of sp³-hybridized carbons (Fsp3) is 0.755. The molecule has 14 heteroatoms. The second-order valence-electron chi connectivity index (χ2n) is 16.6. The molecule has 6 unspecified atom stereocenters. The number of phosphoric acid groups is 1. The lowest BCUT2D eigenvalue weighted by Crippen LogP contribution is -2.64. The predicted molar refractivity (Wildman–Crippen MR) is 249 cm³/mol. The maximum Gasteiger partial charge on any atom is 0.472 e. The van der Waals surface area contributed by atoms with Crippen LogP contribution in [0.3, 0.4) is 0 Å².